The standard InChI is InChI=1S/C14H28N3O5PS2/c1-11(24-7)16-22-12(18)15-10-25-17(13(2,3)4)23(19)20-8-14(5,6)9-21-23/h8-10H2,1-7H3,(H,15,18)/b16-11+. The van der Waals surface area contributed by atoms with Crippen LogP contribution in [-0.4, -0.2) is 46.1 Å². The zero-order valence-electron chi connectivity index (χ0n) is 15.8. The van der Waals surface area contributed by atoms with Crippen LogP contribution in [-0.2, 0) is 18.5 Å². The summed E-state index contributed by atoms with van der Waals surface area (Å²) in [6.07, 6.45) is 1.15. The predicted molar refractivity (Wildman–Crippen MR) is 104 cm³/mol. The summed E-state index contributed by atoms with van der Waals surface area (Å²) in [6.45, 7) is 12.1. The van der Waals surface area contributed by atoms with Crippen molar-refractivity contribution in [2.24, 2.45) is 10.6 Å². The van der Waals surface area contributed by atoms with Crippen LogP contribution in [0.4, 0.5) is 4.79 Å². The number of amides is 1. The van der Waals surface area contributed by atoms with E-state index >= 15 is 0 Å². The maximum absolute atomic E-state index is 13.1. The van der Waals surface area contributed by atoms with Gasteiger partial charge in [0, 0.05) is 11.0 Å². The highest BCUT2D eigenvalue weighted by Gasteiger charge is 2.46. The van der Waals surface area contributed by atoms with Gasteiger partial charge >= 0.3 is 13.8 Å². The molecule has 0 radical (unpaired) electrons. The van der Waals surface area contributed by atoms with Gasteiger partial charge in [0.1, 0.15) is 5.04 Å². The normalized spacial score (nSPS) is 20.4. The minimum atomic E-state index is -3.45. The van der Waals surface area contributed by atoms with Gasteiger partial charge in [0.05, 0.1) is 19.1 Å². The second kappa shape index (κ2) is 9.10. The lowest BCUT2D eigenvalue weighted by Gasteiger charge is -2.42. The summed E-state index contributed by atoms with van der Waals surface area (Å²) in [5, 5.41) is 6.83. The van der Waals surface area contributed by atoms with Crippen molar-refractivity contribution in [1.29, 1.82) is 0 Å². The van der Waals surface area contributed by atoms with Gasteiger partial charge in [-0.3, -0.25) is 13.9 Å². The minimum absolute atomic E-state index is 0.143. The number of carbonyl (C=O) groups excluding carboxylic acids is 1. The van der Waals surface area contributed by atoms with E-state index in [1.54, 1.807) is 11.0 Å². The number of nitrogens with zero attached hydrogens (tertiary/aromatic N) is 2. The lowest BCUT2D eigenvalue weighted by atomic mass is 9.97. The summed E-state index contributed by atoms with van der Waals surface area (Å²) in [4.78, 5) is 16.3. The third-order valence-corrected chi connectivity index (χ3v) is 7.62. The lowest BCUT2D eigenvalue weighted by molar-refractivity contribution is 0.0240. The molecule has 1 fully saturated rings. The van der Waals surface area contributed by atoms with Crippen LogP contribution in [0.3, 0.4) is 0 Å². The van der Waals surface area contributed by atoms with Crippen molar-refractivity contribution in [3.05, 3.63) is 0 Å². The molecule has 0 aromatic heterocycles. The Bertz CT molecular complexity index is 537. The highest BCUT2D eigenvalue weighted by Crippen LogP contribution is 2.62. The maximum atomic E-state index is 13.1. The highest BCUT2D eigenvalue weighted by atomic mass is 32.2. The number of hydrogen-bond acceptors (Lipinski definition) is 8. The number of oxime groups is 1. The first-order valence-corrected chi connectivity index (χ1v) is 11.4. The topological polar surface area (TPSA) is 89.5 Å². The second-order valence-electron chi connectivity index (χ2n) is 7.27. The molecule has 146 valence electrons. The summed E-state index contributed by atoms with van der Waals surface area (Å²) in [7, 11) is -3.45. The molecule has 1 heterocycles. The molecule has 1 saturated heterocycles. The van der Waals surface area contributed by atoms with Crippen LogP contribution in [0, 0.1) is 5.41 Å². The molecule has 0 aromatic carbocycles. The fraction of sp³-hybridized carbons (Fsp3) is 0.857. The van der Waals surface area contributed by atoms with Crippen molar-refractivity contribution >= 4 is 42.6 Å². The van der Waals surface area contributed by atoms with E-state index in [1.807, 2.05) is 40.9 Å². The Balaban J connectivity index is 2.64. The molecule has 0 unspecified atom stereocenters. The van der Waals surface area contributed by atoms with E-state index in [1.165, 1.54) is 11.8 Å². The van der Waals surface area contributed by atoms with Gasteiger partial charge in [-0.25, -0.2) is 9.36 Å². The fourth-order valence-electron chi connectivity index (χ4n) is 1.66. The summed E-state index contributed by atoms with van der Waals surface area (Å²) in [6, 6.07) is 0. The van der Waals surface area contributed by atoms with Crippen LogP contribution in [0.1, 0.15) is 41.5 Å². The highest BCUT2D eigenvalue weighted by molar-refractivity contribution is 8.13. The van der Waals surface area contributed by atoms with E-state index < -0.39 is 19.4 Å². The Morgan fingerprint density at radius 1 is 1.36 bits per heavy atom. The van der Waals surface area contributed by atoms with Crippen molar-refractivity contribution < 1.29 is 23.2 Å². The van der Waals surface area contributed by atoms with E-state index in [0.29, 0.717) is 18.3 Å². The summed E-state index contributed by atoms with van der Waals surface area (Å²) in [5.41, 5.74) is -0.682. The van der Waals surface area contributed by atoms with E-state index in [-0.39, 0.29) is 11.3 Å². The zero-order chi connectivity index (χ0) is 19.3. The molecule has 0 atom stereocenters. The summed E-state index contributed by atoms with van der Waals surface area (Å²) in [5.74, 6) is 0.143. The van der Waals surface area contributed by atoms with E-state index in [9.17, 15) is 9.36 Å². The molecule has 1 rings (SSSR count). The van der Waals surface area contributed by atoms with E-state index in [4.69, 9.17) is 13.9 Å². The van der Waals surface area contributed by atoms with Crippen LogP contribution in [0.25, 0.3) is 0 Å². The number of rotatable bonds is 5. The molecule has 8 nitrogen and oxygen atoms in total. The molecule has 1 aliphatic heterocycles. The molecule has 1 N–H and O–H groups in total. The molecular weight excluding hydrogens is 385 g/mol. The van der Waals surface area contributed by atoms with Gasteiger partial charge in [-0.1, -0.05) is 19.0 Å². The van der Waals surface area contributed by atoms with Gasteiger partial charge in [0.25, 0.3) is 0 Å². The Morgan fingerprint density at radius 2 is 1.92 bits per heavy atom. The third kappa shape index (κ3) is 7.48. The molecule has 1 amide bonds. The minimum Gasteiger partial charge on any atom is -0.309 e. The molecular formula is C14H28N3O5PS2. The smallest absolute Gasteiger partial charge is 0.309 e. The lowest BCUT2D eigenvalue weighted by Crippen LogP contribution is -2.40. The third-order valence-electron chi connectivity index (χ3n) is 2.99. The molecule has 0 aliphatic carbocycles. The van der Waals surface area contributed by atoms with Crippen molar-refractivity contribution in [3.63, 3.8) is 0 Å². The number of hydrogen-bond donors (Lipinski definition) is 1. The molecule has 0 spiro atoms. The summed E-state index contributed by atoms with van der Waals surface area (Å²) < 4.78 is 25.8. The SMILES string of the molecule is CS/C(C)=N/OC(=O)NCSN(C(C)(C)C)P1(=O)OCC(C)(C)CO1. The van der Waals surface area contributed by atoms with Crippen molar-refractivity contribution in [2.75, 3.05) is 25.3 Å². The van der Waals surface area contributed by atoms with Crippen LogP contribution in [0.2, 0.25) is 0 Å². The molecule has 11 heteroatoms. The molecule has 0 aromatic rings. The Kier molecular flexibility index (Phi) is 8.30. The van der Waals surface area contributed by atoms with Gasteiger partial charge in [-0.15, -0.1) is 15.8 Å². The summed E-state index contributed by atoms with van der Waals surface area (Å²) >= 11 is 2.54. The molecule has 0 saturated carbocycles. The first-order valence-electron chi connectivity index (χ1n) is 7.76. The molecule has 0 bridgehead atoms. The zero-order valence-corrected chi connectivity index (χ0v) is 18.3. The van der Waals surface area contributed by atoms with Gasteiger partial charge in [-0.05, 0) is 45.9 Å². The number of nitrogens with one attached hydrogen (secondary N) is 1. The van der Waals surface area contributed by atoms with Crippen LogP contribution >= 0.6 is 31.5 Å². The quantitative estimate of drug-likeness (QED) is 0.136. The maximum Gasteiger partial charge on any atom is 0.434 e. The molecule has 1 aliphatic rings. The largest absolute Gasteiger partial charge is 0.434 e. The Hall–Kier alpha value is -0.250. The van der Waals surface area contributed by atoms with Crippen molar-refractivity contribution in [1.82, 2.24) is 9.39 Å². The Labute approximate surface area is 158 Å². The van der Waals surface area contributed by atoms with Gasteiger partial charge < -0.3 is 5.32 Å². The molecule has 25 heavy (non-hydrogen) atoms. The average molecular weight is 414 g/mol. The van der Waals surface area contributed by atoms with E-state index in [0.717, 1.165) is 11.9 Å². The first-order chi connectivity index (χ1) is 11.4. The predicted octanol–water partition coefficient (Wildman–Crippen LogP) is 4.30. The van der Waals surface area contributed by atoms with Crippen molar-refractivity contribution in [2.45, 2.75) is 47.1 Å². The van der Waals surface area contributed by atoms with Crippen LogP contribution in [0.15, 0.2) is 5.16 Å². The van der Waals surface area contributed by atoms with Crippen molar-refractivity contribution in [3.8, 4) is 0 Å². The van der Waals surface area contributed by atoms with Gasteiger partial charge in [-0.2, -0.15) is 0 Å². The van der Waals surface area contributed by atoms with E-state index in [2.05, 4.69) is 10.5 Å². The number of thioether (sulfide) groups is 1. The second-order valence-corrected chi connectivity index (χ2v) is 11.3. The fourth-order valence-corrected chi connectivity index (χ4v) is 5.53. The van der Waals surface area contributed by atoms with Gasteiger partial charge in [0.2, 0.25) is 0 Å². The van der Waals surface area contributed by atoms with Crippen LogP contribution < -0.4 is 5.32 Å². The number of carbonyl (C=O) groups is 1. The Morgan fingerprint density at radius 3 is 2.40 bits per heavy atom. The average Bonchev–Trinajstić information content (AvgIpc) is 2.51. The first kappa shape index (κ1) is 22.8. The monoisotopic (exact) mass is 413 g/mol. The van der Waals surface area contributed by atoms with Crippen LogP contribution in [0.5, 0.6) is 0 Å². The van der Waals surface area contributed by atoms with Gasteiger partial charge in [0.15, 0.2) is 0 Å².